The van der Waals surface area contributed by atoms with Crippen LogP contribution in [-0.4, -0.2) is 79.5 Å². The highest BCUT2D eigenvalue weighted by molar-refractivity contribution is 5.97. The molecule has 0 aliphatic carbocycles. The SMILES string of the molecule is CN(C)c1cccc(C(=O)N2CC[C@@]3(C2)CN(c2cccnc2)C(=O)CN3C)c1. The van der Waals surface area contributed by atoms with Gasteiger partial charge in [-0.05, 0) is 43.8 Å². The van der Waals surface area contributed by atoms with E-state index < -0.39 is 0 Å². The van der Waals surface area contributed by atoms with E-state index in [1.807, 2.05) is 72.2 Å². The maximum absolute atomic E-state index is 13.2. The first-order valence-corrected chi connectivity index (χ1v) is 9.88. The van der Waals surface area contributed by atoms with Crippen molar-refractivity contribution in [3.05, 3.63) is 54.4 Å². The molecule has 2 aliphatic rings. The number of carbonyl (C=O) groups excluding carboxylic acids is 2. The highest BCUT2D eigenvalue weighted by Crippen LogP contribution is 2.34. The van der Waals surface area contributed by atoms with Crippen LogP contribution >= 0.6 is 0 Å². The fourth-order valence-corrected chi connectivity index (χ4v) is 4.28. The molecule has 0 saturated carbocycles. The summed E-state index contributed by atoms with van der Waals surface area (Å²) in [4.78, 5) is 37.8. The van der Waals surface area contributed by atoms with E-state index in [-0.39, 0.29) is 17.4 Å². The van der Waals surface area contributed by atoms with E-state index in [0.717, 1.165) is 17.8 Å². The number of nitrogens with zero attached hydrogens (tertiary/aromatic N) is 5. The van der Waals surface area contributed by atoms with Crippen LogP contribution in [0.5, 0.6) is 0 Å². The Labute approximate surface area is 171 Å². The molecule has 1 spiro atoms. The lowest BCUT2D eigenvalue weighted by atomic mass is 9.92. The van der Waals surface area contributed by atoms with Crippen molar-refractivity contribution in [3.8, 4) is 0 Å². The van der Waals surface area contributed by atoms with Gasteiger partial charge in [0.1, 0.15) is 0 Å². The molecular formula is C22H27N5O2. The molecule has 2 amide bonds. The van der Waals surface area contributed by atoms with Crippen molar-refractivity contribution in [2.75, 3.05) is 57.1 Å². The normalized spacial score (nSPS) is 22.4. The summed E-state index contributed by atoms with van der Waals surface area (Å²) >= 11 is 0. The van der Waals surface area contributed by atoms with Gasteiger partial charge in [-0.3, -0.25) is 19.5 Å². The van der Waals surface area contributed by atoms with Gasteiger partial charge < -0.3 is 14.7 Å². The van der Waals surface area contributed by atoms with Gasteiger partial charge >= 0.3 is 0 Å². The molecule has 7 heteroatoms. The number of aromatic nitrogens is 1. The average Bonchev–Trinajstić information content (AvgIpc) is 3.16. The van der Waals surface area contributed by atoms with Crippen LogP contribution in [0.2, 0.25) is 0 Å². The molecule has 152 valence electrons. The van der Waals surface area contributed by atoms with Crippen LogP contribution in [0.4, 0.5) is 11.4 Å². The summed E-state index contributed by atoms with van der Waals surface area (Å²) < 4.78 is 0. The van der Waals surface area contributed by atoms with Crippen molar-refractivity contribution < 1.29 is 9.59 Å². The number of amides is 2. The molecule has 0 radical (unpaired) electrons. The van der Waals surface area contributed by atoms with Crippen molar-refractivity contribution in [1.29, 1.82) is 0 Å². The Bertz CT molecular complexity index is 916. The maximum atomic E-state index is 13.2. The number of anilines is 2. The molecular weight excluding hydrogens is 366 g/mol. The van der Waals surface area contributed by atoms with Crippen LogP contribution < -0.4 is 9.80 Å². The van der Waals surface area contributed by atoms with E-state index >= 15 is 0 Å². The van der Waals surface area contributed by atoms with Crippen LogP contribution in [0.15, 0.2) is 48.8 Å². The Morgan fingerprint density at radius 3 is 2.72 bits per heavy atom. The van der Waals surface area contributed by atoms with Gasteiger partial charge in [-0.15, -0.1) is 0 Å². The Balaban J connectivity index is 1.55. The van der Waals surface area contributed by atoms with Gasteiger partial charge in [-0.2, -0.15) is 0 Å². The zero-order chi connectivity index (χ0) is 20.6. The average molecular weight is 393 g/mol. The van der Waals surface area contributed by atoms with Crippen LogP contribution in [0.3, 0.4) is 0 Å². The van der Waals surface area contributed by atoms with Gasteiger partial charge in [-0.25, -0.2) is 0 Å². The lowest BCUT2D eigenvalue weighted by Crippen LogP contribution is -2.64. The summed E-state index contributed by atoms with van der Waals surface area (Å²) in [5, 5.41) is 0. The zero-order valence-electron chi connectivity index (χ0n) is 17.2. The second-order valence-electron chi connectivity index (χ2n) is 8.19. The van der Waals surface area contributed by atoms with E-state index in [9.17, 15) is 9.59 Å². The molecule has 0 N–H and O–H groups in total. The summed E-state index contributed by atoms with van der Waals surface area (Å²) in [6.45, 7) is 2.20. The number of hydrogen-bond acceptors (Lipinski definition) is 5. The minimum Gasteiger partial charge on any atom is -0.378 e. The lowest BCUT2D eigenvalue weighted by molar-refractivity contribution is -0.123. The Morgan fingerprint density at radius 2 is 2.00 bits per heavy atom. The summed E-state index contributed by atoms with van der Waals surface area (Å²) in [5.41, 5.74) is 2.28. The topological polar surface area (TPSA) is 60.0 Å². The number of hydrogen-bond donors (Lipinski definition) is 0. The van der Waals surface area contributed by atoms with Gasteiger partial charge in [0.05, 0.1) is 24.0 Å². The molecule has 29 heavy (non-hydrogen) atoms. The molecule has 0 unspecified atom stereocenters. The molecule has 1 aromatic carbocycles. The van der Waals surface area contributed by atoms with E-state index in [4.69, 9.17) is 0 Å². The third-order valence-corrected chi connectivity index (χ3v) is 6.12. The predicted octanol–water partition coefficient (Wildman–Crippen LogP) is 1.71. The first-order chi connectivity index (χ1) is 13.9. The fraction of sp³-hybridized carbons (Fsp3) is 0.409. The largest absolute Gasteiger partial charge is 0.378 e. The van der Waals surface area contributed by atoms with Crippen molar-refractivity contribution in [1.82, 2.24) is 14.8 Å². The highest BCUT2D eigenvalue weighted by Gasteiger charge is 2.48. The van der Waals surface area contributed by atoms with Crippen LogP contribution in [-0.2, 0) is 4.79 Å². The second-order valence-corrected chi connectivity index (χ2v) is 8.19. The molecule has 2 aromatic rings. The maximum Gasteiger partial charge on any atom is 0.253 e. The third-order valence-electron chi connectivity index (χ3n) is 6.12. The molecule has 2 aliphatic heterocycles. The molecule has 2 saturated heterocycles. The van der Waals surface area contributed by atoms with Crippen molar-refractivity contribution in [3.63, 3.8) is 0 Å². The summed E-state index contributed by atoms with van der Waals surface area (Å²) in [5.74, 6) is 0.110. The van der Waals surface area contributed by atoms with Crippen molar-refractivity contribution >= 4 is 23.2 Å². The number of likely N-dealkylation sites (tertiary alicyclic amines) is 1. The minimum absolute atomic E-state index is 0.0452. The van der Waals surface area contributed by atoms with Gasteiger partial charge in [0.2, 0.25) is 5.91 Å². The van der Waals surface area contributed by atoms with E-state index in [0.29, 0.717) is 31.7 Å². The van der Waals surface area contributed by atoms with Crippen LogP contribution in [0.1, 0.15) is 16.8 Å². The third kappa shape index (κ3) is 3.58. The fourth-order valence-electron chi connectivity index (χ4n) is 4.28. The second kappa shape index (κ2) is 7.48. The molecule has 3 heterocycles. The first-order valence-electron chi connectivity index (χ1n) is 9.88. The molecule has 1 atom stereocenters. The Morgan fingerprint density at radius 1 is 1.17 bits per heavy atom. The van der Waals surface area contributed by atoms with Gasteiger partial charge in [-0.1, -0.05) is 6.07 Å². The van der Waals surface area contributed by atoms with Gasteiger partial charge in [0, 0.05) is 51.2 Å². The van der Waals surface area contributed by atoms with Crippen LogP contribution in [0.25, 0.3) is 0 Å². The van der Waals surface area contributed by atoms with E-state index in [1.165, 1.54) is 0 Å². The summed E-state index contributed by atoms with van der Waals surface area (Å²) in [6.07, 6.45) is 4.27. The van der Waals surface area contributed by atoms with E-state index in [1.54, 1.807) is 12.4 Å². The van der Waals surface area contributed by atoms with E-state index in [2.05, 4.69) is 9.88 Å². The molecule has 0 bridgehead atoms. The van der Waals surface area contributed by atoms with Gasteiger partial charge in [0.25, 0.3) is 5.91 Å². The number of benzene rings is 1. The van der Waals surface area contributed by atoms with Crippen molar-refractivity contribution in [2.45, 2.75) is 12.0 Å². The minimum atomic E-state index is -0.238. The smallest absolute Gasteiger partial charge is 0.253 e. The molecule has 2 fully saturated rings. The molecule has 4 rings (SSSR count). The predicted molar refractivity (Wildman–Crippen MR) is 113 cm³/mol. The summed E-state index contributed by atoms with van der Waals surface area (Å²) in [6, 6.07) is 11.5. The Kier molecular flexibility index (Phi) is 5.00. The molecule has 1 aromatic heterocycles. The van der Waals surface area contributed by atoms with Crippen molar-refractivity contribution in [2.24, 2.45) is 0 Å². The lowest BCUT2D eigenvalue weighted by Gasteiger charge is -2.46. The van der Waals surface area contributed by atoms with Crippen LogP contribution in [0, 0.1) is 0 Å². The number of rotatable bonds is 3. The number of carbonyl (C=O) groups is 2. The number of piperazine rings is 1. The quantitative estimate of drug-likeness (QED) is 0.795. The number of likely N-dealkylation sites (N-methyl/N-ethyl adjacent to an activating group) is 1. The van der Waals surface area contributed by atoms with Gasteiger partial charge in [0.15, 0.2) is 0 Å². The zero-order valence-corrected chi connectivity index (χ0v) is 17.2. The first kappa shape index (κ1) is 19.4. The molecule has 7 nitrogen and oxygen atoms in total. The number of pyridine rings is 1. The highest BCUT2D eigenvalue weighted by atomic mass is 16.2. The Hall–Kier alpha value is -2.93. The standard InChI is InChI=1S/C22H27N5O2/c1-24(2)18-7-4-6-17(12-18)21(29)26-11-9-22(15-26)16-27(20(28)14-25(22)3)19-8-5-10-23-13-19/h4-8,10,12-13H,9,11,14-16H2,1-3H3/t22-/m1/s1. The monoisotopic (exact) mass is 393 g/mol. The summed E-state index contributed by atoms with van der Waals surface area (Å²) in [7, 11) is 5.92.